The van der Waals surface area contributed by atoms with Gasteiger partial charge in [0, 0.05) is 25.9 Å². The van der Waals surface area contributed by atoms with Crippen LogP contribution in [0.2, 0.25) is 0 Å². The van der Waals surface area contributed by atoms with E-state index in [0.29, 0.717) is 6.61 Å². The zero-order valence-corrected chi connectivity index (χ0v) is 12.0. The molecule has 0 aliphatic rings. The quantitative estimate of drug-likeness (QED) is 0.599. The number of hydrogen-bond acceptors (Lipinski definition) is 4. The molecule has 20 heavy (non-hydrogen) atoms. The molecule has 2 rings (SSSR count). The Hall–Kier alpha value is -2.10. The van der Waals surface area contributed by atoms with Gasteiger partial charge in [0.1, 0.15) is 5.82 Å². The van der Waals surface area contributed by atoms with E-state index >= 15 is 0 Å². The van der Waals surface area contributed by atoms with Crippen LogP contribution >= 0.6 is 0 Å². The highest BCUT2D eigenvalue weighted by Gasteiger charge is 2.03. The SMILES string of the molecule is CC(=O)OCCCCN(C)c1ccc2ccccc2n1. The summed E-state index contributed by atoms with van der Waals surface area (Å²) < 4.78 is 4.91. The number of esters is 1. The average Bonchev–Trinajstić information content (AvgIpc) is 2.46. The summed E-state index contributed by atoms with van der Waals surface area (Å²) in [6.07, 6.45) is 1.84. The Kier molecular flexibility index (Phi) is 4.93. The molecule has 4 heteroatoms. The average molecular weight is 272 g/mol. The number of ether oxygens (including phenoxy) is 1. The fourth-order valence-electron chi connectivity index (χ4n) is 2.05. The number of para-hydroxylation sites is 1. The molecule has 0 aliphatic heterocycles. The lowest BCUT2D eigenvalue weighted by atomic mass is 10.2. The van der Waals surface area contributed by atoms with Gasteiger partial charge in [-0.2, -0.15) is 0 Å². The Morgan fingerprint density at radius 3 is 2.80 bits per heavy atom. The fourth-order valence-corrected chi connectivity index (χ4v) is 2.05. The molecule has 1 heterocycles. The summed E-state index contributed by atoms with van der Waals surface area (Å²) >= 11 is 0. The van der Waals surface area contributed by atoms with Crippen LogP contribution in [0.15, 0.2) is 36.4 Å². The molecule has 0 radical (unpaired) electrons. The number of carbonyl (C=O) groups excluding carboxylic acids is 1. The van der Waals surface area contributed by atoms with Crippen LogP contribution in [0.25, 0.3) is 10.9 Å². The summed E-state index contributed by atoms with van der Waals surface area (Å²) in [6.45, 7) is 2.83. The Bertz CT molecular complexity index is 583. The van der Waals surface area contributed by atoms with Gasteiger partial charge >= 0.3 is 5.97 Å². The topological polar surface area (TPSA) is 42.4 Å². The number of fused-ring (bicyclic) bond motifs is 1. The van der Waals surface area contributed by atoms with Crippen molar-refractivity contribution in [3.8, 4) is 0 Å². The van der Waals surface area contributed by atoms with Crippen LogP contribution in [0.4, 0.5) is 5.82 Å². The molecule has 0 saturated carbocycles. The maximum absolute atomic E-state index is 10.6. The highest BCUT2D eigenvalue weighted by molar-refractivity contribution is 5.80. The second-order valence-corrected chi connectivity index (χ2v) is 4.83. The van der Waals surface area contributed by atoms with E-state index in [1.165, 1.54) is 6.92 Å². The number of rotatable bonds is 6. The molecule has 0 atom stereocenters. The van der Waals surface area contributed by atoms with Gasteiger partial charge in [-0.05, 0) is 31.0 Å². The zero-order chi connectivity index (χ0) is 14.4. The lowest BCUT2D eigenvalue weighted by Crippen LogP contribution is -2.20. The Morgan fingerprint density at radius 2 is 2.00 bits per heavy atom. The number of anilines is 1. The first-order valence-electron chi connectivity index (χ1n) is 6.87. The van der Waals surface area contributed by atoms with Crippen LogP contribution in [0.1, 0.15) is 19.8 Å². The number of unbranched alkanes of at least 4 members (excludes halogenated alkanes) is 1. The van der Waals surface area contributed by atoms with Crippen molar-refractivity contribution in [3.63, 3.8) is 0 Å². The van der Waals surface area contributed by atoms with Gasteiger partial charge in [0.25, 0.3) is 0 Å². The molecule has 0 N–H and O–H groups in total. The van der Waals surface area contributed by atoms with Crippen LogP contribution in [0, 0.1) is 0 Å². The van der Waals surface area contributed by atoms with Crippen molar-refractivity contribution in [3.05, 3.63) is 36.4 Å². The third-order valence-corrected chi connectivity index (χ3v) is 3.17. The predicted molar refractivity (Wildman–Crippen MR) is 80.9 cm³/mol. The molecule has 1 aromatic carbocycles. The minimum absolute atomic E-state index is 0.213. The standard InChI is InChI=1S/C16H20N2O2/c1-13(19)20-12-6-5-11-18(2)16-10-9-14-7-3-4-8-15(14)17-16/h3-4,7-10H,5-6,11-12H2,1-2H3. The third kappa shape index (κ3) is 3.95. The molecule has 0 unspecified atom stereocenters. The Labute approximate surface area is 119 Å². The molecular formula is C16H20N2O2. The van der Waals surface area contributed by atoms with Crippen molar-refractivity contribution in [2.45, 2.75) is 19.8 Å². The fraction of sp³-hybridized carbons (Fsp3) is 0.375. The maximum Gasteiger partial charge on any atom is 0.302 e. The maximum atomic E-state index is 10.6. The van der Waals surface area contributed by atoms with E-state index in [1.807, 2.05) is 31.3 Å². The molecule has 2 aromatic rings. The minimum Gasteiger partial charge on any atom is -0.466 e. The molecule has 0 aliphatic carbocycles. The van der Waals surface area contributed by atoms with Crippen LogP contribution < -0.4 is 4.90 Å². The van der Waals surface area contributed by atoms with Crippen molar-refractivity contribution in [1.82, 2.24) is 4.98 Å². The normalized spacial score (nSPS) is 10.5. The number of hydrogen-bond donors (Lipinski definition) is 0. The van der Waals surface area contributed by atoms with Crippen molar-refractivity contribution < 1.29 is 9.53 Å². The first-order valence-corrected chi connectivity index (χ1v) is 6.87. The van der Waals surface area contributed by atoms with E-state index in [1.54, 1.807) is 0 Å². The van der Waals surface area contributed by atoms with E-state index in [9.17, 15) is 4.79 Å². The van der Waals surface area contributed by atoms with Gasteiger partial charge in [0.2, 0.25) is 0 Å². The van der Waals surface area contributed by atoms with Crippen molar-refractivity contribution >= 4 is 22.7 Å². The summed E-state index contributed by atoms with van der Waals surface area (Å²) in [5.41, 5.74) is 1.01. The van der Waals surface area contributed by atoms with E-state index in [2.05, 4.69) is 22.0 Å². The molecular weight excluding hydrogens is 252 g/mol. The van der Waals surface area contributed by atoms with Gasteiger partial charge in [-0.15, -0.1) is 0 Å². The van der Waals surface area contributed by atoms with E-state index in [-0.39, 0.29) is 5.97 Å². The summed E-state index contributed by atoms with van der Waals surface area (Å²) in [7, 11) is 2.03. The van der Waals surface area contributed by atoms with Crippen LogP contribution in [0.5, 0.6) is 0 Å². The molecule has 0 amide bonds. The lowest BCUT2D eigenvalue weighted by Gasteiger charge is -2.18. The van der Waals surface area contributed by atoms with E-state index < -0.39 is 0 Å². The smallest absolute Gasteiger partial charge is 0.302 e. The van der Waals surface area contributed by atoms with Crippen molar-refractivity contribution in [2.75, 3.05) is 25.1 Å². The summed E-state index contributed by atoms with van der Waals surface area (Å²) in [4.78, 5) is 17.4. The van der Waals surface area contributed by atoms with Gasteiger partial charge in [-0.3, -0.25) is 4.79 Å². The second kappa shape index (κ2) is 6.89. The molecule has 0 bridgehead atoms. The van der Waals surface area contributed by atoms with Gasteiger partial charge in [0.05, 0.1) is 12.1 Å². The second-order valence-electron chi connectivity index (χ2n) is 4.83. The number of carbonyl (C=O) groups is 1. The first-order chi connectivity index (χ1) is 9.66. The third-order valence-electron chi connectivity index (χ3n) is 3.17. The number of nitrogens with zero attached hydrogens (tertiary/aromatic N) is 2. The molecule has 0 fully saturated rings. The molecule has 0 spiro atoms. The first kappa shape index (κ1) is 14.3. The molecule has 4 nitrogen and oxygen atoms in total. The summed E-state index contributed by atoms with van der Waals surface area (Å²) in [6, 6.07) is 12.2. The van der Waals surface area contributed by atoms with Crippen molar-refractivity contribution in [1.29, 1.82) is 0 Å². The molecule has 1 aromatic heterocycles. The Morgan fingerprint density at radius 1 is 1.20 bits per heavy atom. The molecule has 0 saturated heterocycles. The van der Waals surface area contributed by atoms with Gasteiger partial charge < -0.3 is 9.64 Å². The van der Waals surface area contributed by atoms with Crippen LogP contribution in [0.3, 0.4) is 0 Å². The molecule has 106 valence electrons. The Balaban J connectivity index is 1.87. The van der Waals surface area contributed by atoms with Crippen molar-refractivity contribution in [2.24, 2.45) is 0 Å². The highest BCUT2D eigenvalue weighted by atomic mass is 16.5. The number of benzene rings is 1. The number of pyridine rings is 1. The van der Waals surface area contributed by atoms with Gasteiger partial charge in [0.15, 0.2) is 0 Å². The van der Waals surface area contributed by atoms with Gasteiger partial charge in [-0.25, -0.2) is 4.98 Å². The monoisotopic (exact) mass is 272 g/mol. The number of aromatic nitrogens is 1. The minimum atomic E-state index is -0.213. The van der Waals surface area contributed by atoms with Crippen LogP contribution in [-0.2, 0) is 9.53 Å². The van der Waals surface area contributed by atoms with Crippen LogP contribution in [-0.4, -0.2) is 31.2 Å². The zero-order valence-electron chi connectivity index (χ0n) is 12.0. The van der Waals surface area contributed by atoms with Gasteiger partial charge in [-0.1, -0.05) is 18.2 Å². The highest BCUT2D eigenvalue weighted by Crippen LogP contribution is 2.17. The largest absolute Gasteiger partial charge is 0.466 e. The van der Waals surface area contributed by atoms with E-state index in [4.69, 9.17) is 4.74 Å². The lowest BCUT2D eigenvalue weighted by molar-refractivity contribution is -0.141. The predicted octanol–water partition coefficient (Wildman–Crippen LogP) is 3.01. The van der Waals surface area contributed by atoms with E-state index in [0.717, 1.165) is 36.1 Å². The summed E-state index contributed by atoms with van der Waals surface area (Å²) in [5.74, 6) is 0.755. The summed E-state index contributed by atoms with van der Waals surface area (Å²) in [5, 5.41) is 1.15.